The highest BCUT2D eigenvalue weighted by atomic mass is 16.5. The van der Waals surface area contributed by atoms with Crippen LogP contribution >= 0.6 is 0 Å². The average molecular weight is 250 g/mol. The van der Waals surface area contributed by atoms with E-state index >= 15 is 0 Å². The highest BCUT2D eigenvalue weighted by Gasteiger charge is 2.28. The largest absolute Gasteiger partial charge is 0.493 e. The fourth-order valence-corrected chi connectivity index (χ4v) is 2.73. The van der Waals surface area contributed by atoms with Crippen molar-refractivity contribution >= 4 is 0 Å². The number of rotatable bonds is 5. The first-order valence-corrected chi connectivity index (χ1v) is 6.45. The highest BCUT2D eigenvalue weighted by Crippen LogP contribution is 2.35. The summed E-state index contributed by atoms with van der Waals surface area (Å²) in [7, 11) is 3.33. The van der Waals surface area contributed by atoms with Crippen LogP contribution < -0.4 is 20.5 Å². The molecular weight excluding hydrogens is 228 g/mol. The van der Waals surface area contributed by atoms with Gasteiger partial charge in [-0.1, -0.05) is 6.07 Å². The Morgan fingerprint density at radius 3 is 2.72 bits per heavy atom. The van der Waals surface area contributed by atoms with E-state index in [0.717, 1.165) is 37.4 Å². The molecule has 1 aliphatic rings. The van der Waals surface area contributed by atoms with E-state index in [1.807, 2.05) is 6.07 Å². The third-order valence-corrected chi connectivity index (χ3v) is 3.66. The minimum atomic E-state index is 0.480. The molecular formula is C14H22N2O2. The van der Waals surface area contributed by atoms with Gasteiger partial charge >= 0.3 is 0 Å². The van der Waals surface area contributed by atoms with Crippen LogP contribution in [0.3, 0.4) is 0 Å². The Kier molecular flexibility index (Phi) is 4.44. The van der Waals surface area contributed by atoms with E-state index in [-0.39, 0.29) is 0 Å². The van der Waals surface area contributed by atoms with Gasteiger partial charge in [0.15, 0.2) is 11.5 Å². The van der Waals surface area contributed by atoms with E-state index in [1.54, 1.807) is 14.2 Å². The molecule has 2 rings (SSSR count). The molecule has 1 heterocycles. The van der Waals surface area contributed by atoms with Gasteiger partial charge in [0, 0.05) is 12.0 Å². The van der Waals surface area contributed by atoms with Crippen molar-refractivity contribution in [3.8, 4) is 11.5 Å². The molecule has 0 aliphatic carbocycles. The molecule has 0 aromatic heterocycles. The van der Waals surface area contributed by atoms with E-state index in [0.29, 0.717) is 12.0 Å². The summed E-state index contributed by atoms with van der Waals surface area (Å²) < 4.78 is 10.6. The SMILES string of the molecule is COc1ccc(C2CCNC2CCN)cc1OC. The molecule has 1 aromatic rings. The van der Waals surface area contributed by atoms with Gasteiger partial charge in [-0.2, -0.15) is 0 Å². The van der Waals surface area contributed by atoms with Crippen LogP contribution in [0.25, 0.3) is 0 Å². The summed E-state index contributed by atoms with van der Waals surface area (Å²) in [5.74, 6) is 2.10. The molecule has 0 amide bonds. The predicted molar refractivity (Wildman–Crippen MR) is 72.4 cm³/mol. The predicted octanol–water partition coefficient (Wildman–Crippen LogP) is 1.50. The zero-order chi connectivity index (χ0) is 13.0. The van der Waals surface area contributed by atoms with E-state index < -0.39 is 0 Å². The molecule has 100 valence electrons. The molecule has 2 atom stereocenters. The smallest absolute Gasteiger partial charge is 0.160 e. The second-order valence-electron chi connectivity index (χ2n) is 4.65. The maximum atomic E-state index is 5.67. The number of benzene rings is 1. The molecule has 1 aromatic carbocycles. The second-order valence-corrected chi connectivity index (χ2v) is 4.65. The molecule has 4 nitrogen and oxygen atoms in total. The Hall–Kier alpha value is -1.26. The molecule has 18 heavy (non-hydrogen) atoms. The number of ether oxygens (including phenoxy) is 2. The molecule has 0 spiro atoms. The Morgan fingerprint density at radius 2 is 2.06 bits per heavy atom. The zero-order valence-electron chi connectivity index (χ0n) is 11.1. The maximum absolute atomic E-state index is 5.67. The van der Waals surface area contributed by atoms with Crippen LogP contribution in [-0.4, -0.2) is 33.4 Å². The summed E-state index contributed by atoms with van der Waals surface area (Å²) >= 11 is 0. The summed E-state index contributed by atoms with van der Waals surface area (Å²) in [6, 6.07) is 6.67. The molecule has 0 saturated carbocycles. The number of nitrogens with one attached hydrogen (secondary N) is 1. The Morgan fingerprint density at radius 1 is 1.28 bits per heavy atom. The van der Waals surface area contributed by atoms with Crippen LogP contribution in [0.1, 0.15) is 24.3 Å². The lowest BCUT2D eigenvalue weighted by Gasteiger charge is -2.20. The van der Waals surface area contributed by atoms with Gasteiger partial charge in [-0.3, -0.25) is 0 Å². The van der Waals surface area contributed by atoms with Crippen molar-refractivity contribution in [2.75, 3.05) is 27.3 Å². The molecule has 0 radical (unpaired) electrons. The summed E-state index contributed by atoms with van der Waals surface area (Å²) in [4.78, 5) is 0. The molecule has 0 bridgehead atoms. The average Bonchev–Trinajstić information content (AvgIpc) is 2.86. The summed E-state index contributed by atoms with van der Waals surface area (Å²) in [6.45, 7) is 1.78. The van der Waals surface area contributed by atoms with Gasteiger partial charge in [-0.15, -0.1) is 0 Å². The fourth-order valence-electron chi connectivity index (χ4n) is 2.73. The van der Waals surface area contributed by atoms with Gasteiger partial charge in [-0.05, 0) is 43.6 Å². The fraction of sp³-hybridized carbons (Fsp3) is 0.571. The first kappa shape index (κ1) is 13.2. The van der Waals surface area contributed by atoms with Gasteiger partial charge in [0.2, 0.25) is 0 Å². The van der Waals surface area contributed by atoms with E-state index in [9.17, 15) is 0 Å². The van der Waals surface area contributed by atoms with E-state index in [4.69, 9.17) is 15.2 Å². The Bertz CT molecular complexity index is 395. The summed E-state index contributed by atoms with van der Waals surface area (Å²) in [5, 5.41) is 3.52. The quantitative estimate of drug-likeness (QED) is 0.831. The van der Waals surface area contributed by atoms with Crippen molar-refractivity contribution in [3.05, 3.63) is 23.8 Å². The van der Waals surface area contributed by atoms with Crippen LogP contribution in [0.15, 0.2) is 18.2 Å². The lowest BCUT2D eigenvalue weighted by molar-refractivity contribution is 0.354. The third-order valence-electron chi connectivity index (χ3n) is 3.66. The van der Waals surface area contributed by atoms with Crippen molar-refractivity contribution in [3.63, 3.8) is 0 Å². The lowest BCUT2D eigenvalue weighted by Crippen LogP contribution is -2.28. The summed E-state index contributed by atoms with van der Waals surface area (Å²) in [6.07, 6.45) is 2.17. The summed E-state index contributed by atoms with van der Waals surface area (Å²) in [5.41, 5.74) is 6.97. The van der Waals surface area contributed by atoms with Crippen LogP contribution in [0.4, 0.5) is 0 Å². The molecule has 1 saturated heterocycles. The Labute approximate surface area is 108 Å². The Balaban J connectivity index is 2.22. The van der Waals surface area contributed by atoms with Crippen LogP contribution in [0.2, 0.25) is 0 Å². The van der Waals surface area contributed by atoms with Crippen molar-refractivity contribution < 1.29 is 9.47 Å². The first-order chi connectivity index (χ1) is 8.80. The van der Waals surface area contributed by atoms with Gasteiger partial charge in [0.05, 0.1) is 14.2 Å². The minimum Gasteiger partial charge on any atom is -0.493 e. The van der Waals surface area contributed by atoms with Crippen molar-refractivity contribution in [2.45, 2.75) is 24.8 Å². The molecule has 1 fully saturated rings. The molecule has 3 N–H and O–H groups in total. The van der Waals surface area contributed by atoms with E-state index in [2.05, 4.69) is 17.4 Å². The molecule has 1 aliphatic heterocycles. The van der Waals surface area contributed by atoms with Crippen LogP contribution in [0, 0.1) is 0 Å². The number of hydrogen-bond donors (Lipinski definition) is 2. The van der Waals surface area contributed by atoms with Gasteiger partial charge < -0.3 is 20.5 Å². The lowest BCUT2D eigenvalue weighted by atomic mass is 9.90. The van der Waals surface area contributed by atoms with Crippen molar-refractivity contribution in [1.82, 2.24) is 5.32 Å². The van der Waals surface area contributed by atoms with E-state index in [1.165, 1.54) is 5.56 Å². The standard InChI is InChI=1S/C14H22N2O2/c1-17-13-4-3-10(9-14(13)18-2)11-6-8-16-12(11)5-7-15/h3-4,9,11-12,16H,5-8,15H2,1-2H3. The first-order valence-electron chi connectivity index (χ1n) is 6.45. The topological polar surface area (TPSA) is 56.5 Å². The molecule has 2 unspecified atom stereocenters. The number of hydrogen-bond acceptors (Lipinski definition) is 4. The molecule has 4 heteroatoms. The van der Waals surface area contributed by atoms with Gasteiger partial charge in [-0.25, -0.2) is 0 Å². The van der Waals surface area contributed by atoms with Crippen LogP contribution in [0.5, 0.6) is 11.5 Å². The highest BCUT2D eigenvalue weighted by molar-refractivity contribution is 5.44. The van der Waals surface area contributed by atoms with Gasteiger partial charge in [0.1, 0.15) is 0 Å². The van der Waals surface area contributed by atoms with Crippen LogP contribution in [-0.2, 0) is 0 Å². The second kappa shape index (κ2) is 6.07. The number of nitrogens with two attached hydrogens (primary N) is 1. The van der Waals surface area contributed by atoms with Crippen molar-refractivity contribution in [1.29, 1.82) is 0 Å². The minimum absolute atomic E-state index is 0.480. The third kappa shape index (κ3) is 2.60. The van der Waals surface area contributed by atoms with Crippen molar-refractivity contribution in [2.24, 2.45) is 5.73 Å². The zero-order valence-corrected chi connectivity index (χ0v) is 11.1. The number of methoxy groups -OCH3 is 2. The normalized spacial score (nSPS) is 23.1. The maximum Gasteiger partial charge on any atom is 0.160 e. The van der Waals surface area contributed by atoms with Gasteiger partial charge in [0.25, 0.3) is 0 Å². The monoisotopic (exact) mass is 250 g/mol.